The van der Waals surface area contributed by atoms with Crippen molar-refractivity contribution in [2.75, 3.05) is 5.75 Å². The van der Waals surface area contributed by atoms with Gasteiger partial charge in [0.1, 0.15) is 6.33 Å². The number of nitrogens with two attached hydrogens (primary N) is 1. The lowest BCUT2D eigenvalue weighted by Crippen LogP contribution is -2.35. The smallest absolute Gasteiger partial charge is 0.318 e. The molecule has 1 heterocycles. The number of imide groups is 1. The average Bonchev–Trinajstić information content (AvgIpc) is 2.88. The molecule has 0 bridgehead atoms. The summed E-state index contributed by atoms with van der Waals surface area (Å²) in [4.78, 5) is 25.8. The molecule has 2 rings (SSSR count). The number of urea groups is 1. The summed E-state index contributed by atoms with van der Waals surface area (Å²) in [5.74, 6) is 0.0604. The van der Waals surface area contributed by atoms with Gasteiger partial charge in [0.05, 0.1) is 5.69 Å². The summed E-state index contributed by atoms with van der Waals surface area (Å²) in [6.07, 6.45) is 1.79. The molecule has 0 unspecified atom stereocenters. The SMILES string of the molecule is NC(=O)NC(=O)CCSc1ncn(-c2ccccc2)n1. The lowest BCUT2D eigenvalue weighted by molar-refractivity contribution is -0.119. The minimum Gasteiger partial charge on any atom is -0.351 e. The minimum absolute atomic E-state index is 0.174. The number of nitrogens with zero attached hydrogens (tertiary/aromatic N) is 3. The Balaban J connectivity index is 1.85. The Kier molecular flexibility index (Phi) is 4.72. The normalized spacial score (nSPS) is 10.2. The van der Waals surface area contributed by atoms with Gasteiger partial charge in [0.25, 0.3) is 0 Å². The van der Waals surface area contributed by atoms with Crippen LogP contribution in [0.4, 0.5) is 4.79 Å². The lowest BCUT2D eigenvalue weighted by atomic mass is 10.3. The second-order valence-electron chi connectivity index (χ2n) is 3.82. The van der Waals surface area contributed by atoms with E-state index in [0.29, 0.717) is 10.9 Å². The maximum absolute atomic E-state index is 11.2. The first-order chi connectivity index (χ1) is 9.65. The molecule has 3 N–H and O–H groups in total. The Morgan fingerprint density at radius 2 is 2.05 bits per heavy atom. The van der Waals surface area contributed by atoms with Gasteiger partial charge in [0, 0.05) is 12.2 Å². The number of carbonyl (C=O) groups excluding carboxylic acids is 2. The van der Waals surface area contributed by atoms with Gasteiger partial charge in [-0.3, -0.25) is 10.1 Å². The predicted octanol–water partition coefficient (Wildman–Crippen LogP) is 0.944. The zero-order valence-corrected chi connectivity index (χ0v) is 11.3. The summed E-state index contributed by atoms with van der Waals surface area (Å²) in [5, 5.41) is 6.85. The monoisotopic (exact) mass is 291 g/mol. The Labute approximate surface area is 119 Å². The van der Waals surface area contributed by atoms with Gasteiger partial charge in [-0.1, -0.05) is 30.0 Å². The van der Waals surface area contributed by atoms with Crippen molar-refractivity contribution in [1.82, 2.24) is 20.1 Å². The molecule has 0 saturated carbocycles. The summed E-state index contributed by atoms with van der Waals surface area (Å²) in [6.45, 7) is 0. The van der Waals surface area contributed by atoms with Crippen LogP contribution in [-0.4, -0.2) is 32.5 Å². The van der Waals surface area contributed by atoms with Crippen molar-refractivity contribution in [3.63, 3.8) is 0 Å². The Morgan fingerprint density at radius 1 is 1.30 bits per heavy atom. The van der Waals surface area contributed by atoms with Crippen LogP contribution in [0.2, 0.25) is 0 Å². The number of thioether (sulfide) groups is 1. The van der Waals surface area contributed by atoms with Crippen LogP contribution in [0.1, 0.15) is 6.42 Å². The van der Waals surface area contributed by atoms with E-state index in [2.05, 4.69) is 10.1 Å². The number of hydrogen-bond acceptors (Lipinski definition) is 5. The zero-order valence-electron chi connectivity index (χ0n) is 10.5. The molecule has 0 spiro atoms. The predicted molar refractivity (Wildman–Crippen MR) is 74.4 cm³/mol. The highest BCUT2D eigenvalue weighted by Gasteiger charge is 2.07. The van der Waals surface area contributed by atoms with Crippen LogP contribution in [0.3, 0.4) is 0 Å². The summed E-state index contributed by atoms with van der Waals surface area (Å²) in [7, 11) is 0. The van der Waals surface area contributed by atoms with Crippen LogP contribution in [-0.2, 0) is 4.79 Å². The van der Waals surface area contributed by atoms with E-state index < -0.39 is 11.9 Å². The van der Waals surface area contributed by atoms with Gasteiger partial charge in [-0.25, -0.2) is 14.5 Å². The molecule has 8 heteroatoms. The molecule has 20 heavy (non-hydrogen) atoms. The molecule has 0 aliphatic carbocycles. The van der Waals surface area contributed by atoms with Gasteiger partial charge in [-0.05, 0) is 12.1 Å². The number of benzene rings is 1. The minimum atomic E-state index is -0.841. The molecule has 1 aromatic carbocycles. The van der Waals surface area contributed by atoms with Gasteiger partial charge in [0.2, 0.25) is 11.1 Å². The van der Waals surface area contributed by atoms with E-state index in [-0.39, 0.29) is 6.42 Å². The van der Waals surface area contributed by atoms with Gasteiger partial charge in [-0.15, -0.1) is 5.10 Å². The summed E-state index contributed by atoms with van der Waals surface area (Å²) >= 11 is 1.34. The summed E-state index contributed by atoms with van der Waals surface area (Å²) in [6, 6.07) is 8.75. The van der Waals surface area contributed by atoms with Crippen molar-refractivity contribution < 1.29 is 9.59 Å². The lowest BCUT2D eigenvalue weighted by Gasteiger charge is -1.99. The highest BCUT2D eigenvalue weighted by molar-refractivity contribution is 7.99. The van der Waals surface area contributed by atoms with Crippen LogP contribution >= 0.6 is 11.8 Å². The summed E-state index contributed by atoms with van der Waals surface area (Å²) < 4.78 is 1.66. The maximum Gasteiger partial charge on any atom is 0.318 e. The third kappa shape index (κ3) is 4.09. The average molecular weight is 291 g/mol. The first kappa shape index (κ1) is 14.1. The fraction of sp³-hybridized carbons (Fsp3) is 0.167. The third-order valence-corrected chi connectivity index (χ3v) is 3.17. The first-order valence-corrected chi connectivity index (χ1v) is 6.83. The van der Waals surface area contributed by atoms with E-state index in [1.165, 1.54) is 11.8 Å². The maximum atomic E-state index is 11.2. The largest absolute Gasteiger partial charge is 0.351 e. The molecule has 1 aromatic heterocycles. The Bertz CT molecular complexity index is 599. The number of para-hydroxylation sites is 1. The van der Waals surface area contributed by atoms with E-state index in [1.807, 2.05) is 35.6 Å². The molecular weight excluding hydrogens is 278 g/mol. The molecule has 104 valence electrons. The number of amides is 3. The topological polar surface area (TPSA) is 103 Å². The molecule has 0 aliphatic rings. The van der Waals surface area contributed by atoms with Crippen LogP contribution in [0.5, 0.6) is 0 Å². The number of carbonyl (C=O) groups is 2. The van der Waals surface area contributed by atoms with Crippen molar-refractivity contribution >= 4 is 23.7 Å². The van der Waals surface area contributed by atoms with Crippen molar-refractivity contribution in [2.24, 2.45) is 5.73 Å². The zero-order chi connectivity index (χ0) is 14.4. The standard InChI is InChI=1S/C12H13N5O2S/c13-11(19)15-10(18)6-7-20-12-14-8-17(16-12)9-4-2-1-3-5-9/h1-5,8H,6-7H2,(H3,13,15,18,19). The molecule has 0 radical (unpaired) electrons. The molecule has 0 saturated heterocycles. The fourth-order valence-corrected chi connectivity index (χ4v) is 2.19. The van der Waals surface area contributed by atoms with E-state index in [9.17, 15) is 9.59 Å². The highest BCUT2D eigenvalue weighted by Crippen LogP contribution is 2.14. The van der Waals surface area contributed by atoms with Gasteiger partial charge < -0.3 is 5.73 Å². The second kappa shape index (κ2) is 6.71. The summed E-state index contributed by atoms with van der Waals surface area (Å²) in [5.41, 5.74) is 5.75. The van der Waals surface area contributed by atoms with Crippen LogP contribution in [0.25, 0.3) is 5.69 Å². The van der Waals surface area contributed by atoms with Gasteiger partial charge in [-0.2, -0.15) is 0 Å². The molecular formula is C12H13N5O2S. The first-order valence-electron chi connectivity index (χ1n) is 5.84. The van der Waals surface area contributed by atoms with Crippen LogP contribution in [0.15, 0.2) is 41.8 Å². The van der Waals surface area contributed by atoms with E-state index in [0.717, 1.165) is 5.69 Å². The number of nitrogens with one attached hydrogen (secondary N) is 1. The van der Waals surface area contributed by atoms with Gasteiger partial charge >= 0.3 is 6.03 Å². The van der Waals surface area contributed by atoms with E-state index in [1.54, 1.807) is 11.0 Å². The molecule has 0 atom stereocenters. The van der Waals surface area contributed by atoms with Gasteiger partial charge in [0.15, 0.2) is 0 Å². The molecule has 2 aromatic rings. The van der Waals surface area contributed by atoms with Crippen molar-refractivity contribution in [2.45, 2.75) is 11.6 Å². The Hall–Kier alpha value is -2.35. The molecule has 3 amide bonds. The van der Waals surface area contributed by atoms with Crippen LogP contribution < -0.4 is 11.1 Å². The second-order valence-corrected chi connectivity index (χ2v) is 4.88. The van der Waals surface area contributed by atoms with Crippen molar-refractivity contribution in [3.05, 3.63) is 36.7 Å². The Morgan fingerprint density at radius 3 is 2.75 bits per heavy atom. The van der Waals surface area contributed by atoms with E-state index >= 15 is 0 Å². The highest BCUT2D eigenvalue weighted by atomic mass is 32.2. The molecule has 0 aliphatic heterocycles. The molecule has 7 nitrogen and oxygen atoms in total. The fourth-order valence-electron chi connectivity index (χ4n) is 1.45. The van der Waals surface area contributed by atoms with Crippen molar-refractivity contribution in [1.29, 1.82) is 0 Å². The van der Waals surface area contributed by atoms with E-state index in [4.69, 9.17) is 5.73 Å². The third-order valence-electron chi connectivity index (χ3n) is 2.31. The number of primary amides is 1. The quantitative estimate of drug-likeness (QED) is 0.798. The number of hydrogen-bond donors (Lipinski definition) is 2. The van der Waals surface area contributed by atoms with Crippen molar-refractivity contribution in [3.8, 4) is 5.69 Å². The van der Waals surface area contributed by atoms with Crippen LogP contribution in [0, 0.1) is 0 Å². The molecule has 0 fully saturated rings. The number of aromatic nitrogens is 3. The number of rotatable bonds is 5.